The second-order valence-electron chi connectivity index (χ2n) is 9.12. The summed E-state index contributed by atoms with van der Waals surface area (Å²) in [5.74, 6) is -0.358. The van der Waals surface area contributed by atoms with Crippen molar-refractivity contribution in [2.24, 2.45) is 0 Å². The number of carbonyl (C=O) groups is 1. The molecule has 5 rings (SSSR count). The Morgan fingerprint density at radius 3 is 2.33 bits per heavy atom. The Balaban J connectivity index is 1.21. The minimum absolute atomic E-state index is 0.106. The second kappa shape index (κ2) is 8.38. The number of hydrogen-bond acceptors (Lipinski definition) is 4. The van der Waals surface area contributed by atoms with E-state index in [2.05, 4.69) is 33.0 Å². The lowest BCUT2D eigenvalue weighted by atomic mass is 9.86. The number of anilines is 1. The Morgan fingerprint density at radius 1 is 0.933 bits per heavy atom. The lowest BCUT2D eigenvalue weighted by molar-refractivity contribution is 0.0690. The van der Waals surface area contributed by atoms with E-state index in [0.717, 1.165) is 37.7 Å². The highest BCUT2D eigenvalue weighted by Crippen LogP contribution is 2.33. The van der Waals surface area contributed by atoms with Crippen LogP contribution >= 0.6 is 0 Å². The van der Waals surface area contributed by atoms with Crippen molar-refractivity contribution in [2.75, 3.05) is 31.1 Å². The predicted molar refractivity (Wildman–Crippen MR) is 118 cm³/mol. The van der Waals surface area contributed by atoms with E-state index >= 15 is 0 Å². The normalized spacial score (nSPS) is 21.0. The quantitative estimate of drug-likeness (QED) is 0.829. The number of pyridine rings is 1. The summed E-state index contributed by atoms with van der Waals surface area (Å²) in [6.45, 7) is 4.43. The van der Waals surface area contributed by atoms with Gasteiger partial charge < -0.3 is 10.0 Å². The van der Waals surface area contributed by atoms with Crippen molar-refractivity contribution in [1.29, 1.82) is 0 Å². The Morgan fingerprint density at radius 2 is 1.70 bits per heavy atom. The zero-order valence-electron chi connectivity index (χ0n) is 17.6. The second-order valence-corrected chi connectivity index (χ2v) is 9.12. The van der Waals surface area contributed by atoms with Crippen molar-refractivity contribution < 1.29 is 9.90 Å². The predicted octanol–water partition coefficient (Wildman–Crippen LogP) is 4.12. The van der Waals surface area contributed by atoms with E-state index in [9.17, 15) is 4.79 Å². The van der Waals surface area contributed by atoms with Gasteiger partial charge >= 0.3 is 5.97 Å². The first-order chi connectivity index (χ1) is 14.7. The van der Waals surface area contributed by atoms with E-state index in [1.807, 2.05) is 6.07 Å². The van der Waals surface area contributed by atoms with Gasteiger partial charge in [-0.05, 0) is 73.3 Å². The van der Waals surface area contributed by atoms with Crippen molar-refractivity contribution in [3.63, 3.8) is 0 Å². The average Bonchev–Trinajstić information content (AvgIpc) is 2.95. The number of carboxylic acids is 1. The van der Waals surface area contributed by atoms with Crippen molar-refractivity contribution in [1.82, 2.24) is 9.88 Å². The van der Waals surface area contributed by atoms with Crippen LogP contribution in [0, 0.1) is 0 Å². The van der Waals surface area contributed by atoms with E-state index < -0.39 is 5.97 Å². The zero-order valence-corrected chi connectivity index (χ0v) is 17.6. The summed E-state index contributed by atoms with van der Waals surface area (Å²) >= 11 is 0. The molecule has 2 aliphatic heterocycles. The smallest absolute Gasteiger partial charge is 0.354 e. The molecule has 0 unspecified atom stereocenters. The number of hydrogen-bond donors (Lipinski definition) is 1. The van der Waals surface area contributed by atoms with Crippen LogP contribution in [-0.4, -0.2) is 53.2 Å². The summed E-state index contributed by atoms with van der Waals surface area (Å²) in [5, 5.41) is 9.03. The summed E-state index contributed by atoms with van der Waals surface area (Å²) in [7, 11) is 0. The Hall–Kier alpha value is -2.40. The summed E-state index contributed by atoms with van der Waals surface area (Å²) < 4.78 is 0. The molecule has 2 fully saturated rings. The summed E-state index contributed by atoms with van der Waals surface area (Å²) in [5.41, 5.74) is 5.77. The molecule has 1 N–H and O–H groups in total. The molecule has 0 spiro atoms. The van der Waals surface area contributed by atoms with Crippen LogP contribution in [0.1, 0.15) is 65.2 Å². The van der Waals surface area contributed by atoms with Crippen molar-refractivity contribution in [3.05, 3.63) is 58.9 Å². The van der Waals surface area contributed by atoms with Crippen LogP contribution in [0.4, 0.5) is 5.69 Å². The Labute approximate surface area is 178 Å². The maximum Gasteiger partial charge on any atom is 0.354 e. The van der Waals surface area contributed by atoms with E-state index in [0.29, 0.717) is 5.92 Å². The minimum atomic E-state index is -0.973. The molecule has 3 heterocycles. The molecule has 1 aliphatic carbocycles. The lowest BCUT2D eigenvalue weighted by Crippen LogP contribution is -2.41. The fraction of sp³-hybridized carbons (Fsp3) is 0.520. The van der Waals surface area contributed by atoms with Gasteiger partial charge in [-0.1, -0.05) is 24.6 Å². The third-order valence-corrected chi connectivity index (χ3v) is 7.46. The Bertz CT molecular complexity index is 899. The molecule has 0 bridgehead atoms. The first-order valence-corrected chi connectivity index (χ1v) is 11.5. The van der Waals surface area contributed by atoms with Gasteiger partial charge in [0.15, 0.2) is 0 Å². The van der Waals surface area contributed by atoms with Crippen molar-refractivity contribution in [2.45, 2.75) is 56.9 Å². The molecule has 1 saturated carbocycles. The van der Waals surface area contributed by atoms with Crippen LogP contribution in [-0.2, 0) is 12.8 Å². The molecule has 5 heteroatoms. The summed E-state index contributed by atoms with van der Waals surface area (Å²) in [6.07, 6.45) is 10.6. The van der Waals surface area contributed by atoms with Gasteiger partial charge in [0.25, 0.3) is 0 Å². The van der Waals surface area contributed by atoms with Gasteiger partial charge in [-0.15, -0.1) is 0 Å². The SMILES string of the molecule is O=C(O)c1ccc(N2CCC(c3ccc4c(c3)CCN(C3CCC3)CC4)CC2)cn1. The zero-order chi connectivity index (χ0) is 20.5. The number of fused-ring (bicyclic) bond motifs is 1. The third-order valence-electron chi connectivity index (χ3n) is 7.46. The van der Waals surface area contributed by atoms with E-state index in [1.165, 1.54) is 50.8 Å². The number of benzene rings is 1. The van der Waals surface area contributed by atoms with Gasteiger partial charge in [-0.25, -0.2) is 9.78 Å². The molecular formula is C25H31N3O2. The van der Waals surface area contributed by atoms with Crippen LogP contribution in [0.25, 0.3) is 0 Å². The lowest BCUT2D eigenvalue weighted by Gasteiger charge is -2.36. The molecule has 158 valence electrons. The number of aromatic nitrogens is 1. The molecule has 1 aromatic heterocycles. The average molecular weight is 406 g/mol. The molecule has 5 nitrogen and oxygen atoms in total. The monoisotopic (exact) mass is 405 g/mol. The molecular weight excluding hydrogens is 374 g/mol. The number of rotatable bonds is 4. The van der Waals surface area contributed by atoms with E-state index in [1.54, 1.807) is 23.4 Å². The maximum atomic E-state index is 11.0. The van der Waals surface area contributed by atoms with Gasteiger partial charge in [0.1, 0.15) is 5.69 Å². The van der Waals surface area contributed by atoms with Crippen LogP contribution in [0.5, 0.6) is 0 Å². The number of carboxylic acid groups (broad SMARTS) is 1. The summed E-state index contributed by atoms with van der Waals surface area (Å²) in [6, 6.07) is 11.6. The molecule has 3 aliphatic rings. The molecule has 30 heavy (non-hydrogen) atoms. The first kappa shape index (κ1) is 19.6. The van der Waals surface area contributed by atoms with Gasteiger partial charge in [-0.3, -0.25) is 4.90 Å². The molecule has 0 atom stereocenters. The number of nitrogens with zero attached hydrogens (tertiary/aromatic N) is 3. The van der Waals surface area contributed by atoms with Gasteiger partial charge in [0, 0.05) is 32.2 Å². The van der Waals surface area contributed by atoms with E-state index in [4.69, 9.17) is 5.11 Å². The topological polar surface area (TPSA) is 56.7 Å². The first-order valence-electron chi connectivity index (χ1n) is 11.5. The molecule has 2 aromatic rings. The van der Waals surface area contributed by atoms with Crippen LogP contribution in [0.2, 0.25) is 0 Å². The van der Waals surface area contributed by atoms with Gasteiger partial charge in [0.05, 0.1) is 11.9 Å². The standard InChI is InChI=1S/C25H31N3O2/c29-25(30)24-7-6-23(17-26-24)28-13-9-19(10-14-28)20-5-4-18-8-12-27(22-2-1-3-22)15-11-21(18)16-20/h4-7,16-17,19,22H,1-3,8-15H2,(H,29,30). The summed E-state index contributed by atoms with van der Waals surface area (Å²) in [4.78, 5) is 20.1. The highest BCUT2D eigenvalue weighted by atomic mass is 16.4. The third kappa shape index (κ3) is 3.95. The van der Waals surface area contributed by atoms with Crippen LogP contribution < -0.4 is 4.90 Å². The highest BCUT2D eigenvalue weighted by Gasteiger charge is 2.27. The molecule has 1 saturated heterocycles. The fourth-order valence-corrected chi connectivity index (χ4v) is 5.30. The van der Waals surface area contributed by atoms with E-state index in [-0.39, 0.29) is 5.69 Å². The van der Waals surface area contributed by atoms with Crippen LogP contribution in [0.3, 0.4) is 0 Å². The highest BCUT2D eigenvalue weighted by molar-refractivity contribution is 5.85. The fourth-order valence-electron chi connectivity index (χ4n) is 5.30. The van der Waals surface area contributed by atoms with Gasteiger partial charge in [0.2, 0.25) is 0 Å². The Kier molecular flexibility index (Phi) is 5.47. The number of piperidine rings is 1. The van der Waals surface area contributed by atoms with Crippen molar-refractivity contribution >= 4 is 11.7 Å². The van der Waals surface area contributed by atoms with Crippen molar-refractivity contribution in [3.8, 4) is 0 Å². The molecule has 0 radical (unpaired) electrons. The van der Waals surface area contributed by atoms with Crippen LogP contribution in [0.15, 0.2) is 36.5 Å². The minimum Gasteiger partial charge on any atom is -0.477 e. The molecule has 0 amide bonds. The van der Waals surface area contributed by atoms with Gasteiger partial charge in [-0.2, -0.15) is 0 Å². The molecule has 1 aromatic carbocycles. The number of aromatic carboxylic acids is 1. The largest absolute Gasteiger partial charge is 0.477 e. The maximum absolute atomic E-state index is 11.0.